The third kappa shape index (κ3) is 2.08. The molecule has 0 aromatic carbocycles. The number of halogens is 1. The van der Waals surface area contributed by atoms with Gasteiger partial charge in [-0.2, -0.15) is 0 Å². The summed E-state index contributed by atoms with van der Waals surface area (Å²) in [5.41, 5.74) is 0. The van der Waals surface area contributed by atoms with Crippen molar-refractivity contribution in [3.63, 3.8) is 0 Å². The third-order valence-corrected chi connectivity index (χ3v) is 4.98. The van der Waals surface area contributed by atoms with E-state index in [9.17, 15) is 8.42 Å². The van der Waals surface area contributed by atoms with Crippen molar-refractivity contribution in [3.8, 4) is 0 Å². The summed E-state index contributed by atoms with van der Waals surface area (Å²) < 4.78 is 25.4. The highest BCUT2D eigenvalue weighted by molar-refractivity contribution is 7.94. The monoisotopic (exact) mass is 246 g/mol. The first-order valence-corrected chi connectivity index (χ1v) is 6.43. The molecular weight excluding hydrogens is 236 g/mol. The highest BCUT2D eigenvalue weighted by Crippen LogP contribution is 2.43. The van der Waals surface area contributed by atoms with Crippen LogP contribution in [0.1, 0.15) is 19.8 Å². The van der Waals surface area contributed by atoms with Gasteiger partial charge in [-0.05, 0) is 25.8 Å². The first kappa shape index (κ1) is 10.7. The number of hydrogen-bond donors (Lipinski definition) is 1. The summed E-state index contributed by atoms with van der Waals surface area (Å²) in [6, 6.07) is 3.09. The third-order valence-electron chi connectivity index (χ3n) is 2.56. The number of rotatable bonds is 3. The maximum Gasteiger partial charge on any atom is 0.239 e. The summed E-state index contributed by atoms with van der Waals surface area (Å²) in [7, 11) is -3.33. The van der Waals surface area contributed by atoms with E-state index < -0.39 is 14.8 Å². The van der Waals surface area contributed by atoms with E-state index in [-0.39, 0.29) is 5.82 Å². The molecule has 1 aromatic rings. The van der Waals surface area contributed by atoms with Crippen molar-refractivity contribution in [2.75, 3.05) is 4.72 Å². The van der Waals surface area contributed by atoms with Gasteiger partial charge in [-0.3, -0.25) is 4.72 Å². The summed E-state index contributed by atoms with van der Waals surface area (Å²) in [4.78, 5) is 3.89. The molecule has 2 rings (SSSR count). The number of nitrogens with one attached hydrogen (secondary N) is 1. The maximum atomic E-state index is 11.8. The van der Waals surface area contributed by atoms with Crippen LogP contribution in [0.25, 0.3) is 0 Å². The maximum absolute atomic E-state index is 11.8. The summed E-state index contributed by atoms with van der Waals surface area (Å²) in [6.45, 7) is 1.72. The summed E-state index contributed by atoms with van der Waals surface area (Å²) in [5.74, 6) is 0.274. The lowest BCUT2D eigenvalue weighted by atomic mass is 10.5. The molecule has 0 atom stereocenters. The fraction of sp³-hybridized carbons (Fsp3) is 0.444. The topological polar surface area (TPSA) is 59.1 Å². The highest BCUT2D eigenvalue weighted by Gasteiger charge is 2.50. The first-order valence-electron chi connectivity index (χ1n) is 4.57. The van der Waals surface area contributed by atoms with Crippen LogP contribution in [0.15, 0.2) is 18.3 Å². The lowest BCUT2D eigenvalue weighted by Crippen LogP contribution is -2.27. The van der Waals surface area contributed by atoms with Crippen molar-refractivity contribution in [2.24, 2.45) is 0 Å². The molecule has 6 heteroatoms. The van der Waals surface area contributed by atoms with Crippen LogP contribution in [0, 0.1) is 0 Å². The van der Waals surface area contributed by atoms with Crippen molar-refractivity contribution in [1.29, 1.82) is 0 Å². The summed E-state index contributed by atoms with van der Waals surface area (Å²) >= 11 is 5.73. The van der Waals surface area contributed by atoms with Crippen molar-refractivity contribution >= 4 is 27.4 Å². The van der Waals surface area contributed by atoms with Gasteiger partial charge in [0.15, 0.2) is 0 Å². The fourth-order valence-electron chi connectivity index (χ4n) is 1.17. The minimum atomic E-state index is -3.33. The van der Waals surface area contributed by atoms with Crippen LogP contribution in [0.3, 0.4) is 0 Å². The number of sulfonamides is 1. The zero-order chi connectivity index (χ0) is 11.1. The van der Waals surface area contributed by atoms with Gasteiger partial charge in [0.25, 0.3) is 0 Å². The Bertz CT molecular complexity index is 483. The van der Waals surface area contributed by atoms with Gasteiger partial charge in [0.2, 0.25) is 10.0 Å². The molecule has 1 N–H and O–H groups in total. The van der Waals surface area contributed by atoms with Crippen molar-refractivity contribution in [1.82, 2.24) is 4.98 Å². The molecule has 0 saturated heterocycles. The van der Waals surface area contributed by atoms with Crippen LogP contribution in [-0.4, -0.2) is 18.1 Å². The molecular formula is C9H11ClN2O2S. The Morgan fingerprint density at radius 1 is 1.53 bits per heavy atom. The Morgan fingerprint density at radius 2 is 2.20 bits per heavy atom. The van der Waals surface area contributed by atoms with Gasteiger partial charge in [-0.1, -0.05) is 11.6 Å². The quantitative estimate of drug-likeness (QED) is 0.888. The standard InChI is InChI=1S/C9H11ClN2O2S/c1-9(3-4-9)15(13,14)12-8-6-7(10)2-5-11-8/h2,5-6H,3-4H2,1H3,(H,11,12). The van der Waals surface area contributed by atoms with Crippen LogP contribution in [0.2, 0.25) is 5.02 Å². The molecule has 4 nitrogen and oxygen atoms in total. The van der Waals surface area contributed by atoms with Crippen molar-refractivity contribution < 1.29 is 8.42 Å². The van der Waals surface area contributed by atoms with E-state index in [4.69, 9.17) is 11.6 Å². The van der Waals surface area contributed by atoms with Crippen LogP contribution < -0.4 is 4.72 Å². The number of anilines is 1. The van der Waals surface area contributed by atoms with Gasteiger partial charge in [0.1, 0.15) is 5.82 Å². The molecule has 1 aromatic heterocycles. The molecule has 1 aliphatic carbocycles. The second-order valence-electron chi connectivity index (χ2n) is 3.91. The van der Waals surface area contributed by atoms with E-state index >= 15 is 0 Å². The van der Waals surface area contributed by atoms with Crippen LogP contribution in [0.4, 0.5) is 5.82 Å². The van der Waals surface area contributed by atoms with Gasteiger partial charge in [-0.25, -0.2) is 13.4 Å². The Hall–Kier alpha value is -0.810. The SMILES string of the molecule is CC1(S(=O)(=O)Nc2cc(Cl)ccn2)CC1. The summed E-state index contributed by atoms with van der Waals surface area (Å²) in [5, 5.41) is 0.462. The zero-order valence-corrected chi connectivity index (χ0v) is 9.77. The van der Waals surface area contributed by atoms with Gasteiger partial charge in [0.05, 0.1) is 4.75 Å². The van der Waals surface area contributed by atoms with Crippen molar-refractivity contribution in [2.45, 2.75) is 24.5 Å². The minimum Gasteiger partial charge on any atom is -0.267 e. The van der Waals surface area contributed by atoms with E-state index in [0.29, 0.717) is 17.9 Å². The predicted octanol–water partition coefficient (Wildman–Crippen LogP) is 2.03. The van der Waals surface area contributed by atoms with Gasteiger partial charge in [0, 0.05) is 17.3 Å². The van der Waals surface area contributed by atoms with Crippen LogP contribution in [0.5, 0.6) is 0 Å². The van der Waals surface area contributed by atoms with Gasteiger partial charge in [-0.15, -0.1) is 0 Å². The molecule has 1 aliphatic rings. The lowest BCUT2D eigenvalue weighted by molar-refractivity contribution is 0.587. The molecule has 15 heavy (non-hydrogen) atoms. The highest BCUT2D eigenvalue weighted by atomic mass is 35.5. The Morgan fingerprint density at radius 3 is 2.73 bits per heavy atom. The van der Waals surface area contributed by atoms with Crippen LogP contribution >= 0.6 is 11.6 Å². The molecule has 1 fully saturated rings. The number of hydrogen-bond acceptors (Lipinski definition) is 3. The second-order valence-corrected chi connectivity index (χ2v) is 6.55. The number of pyridine rings is 1. The number of nitrogens with zero attached hydrogens (tertiary/aromatic N) is 1. The number of aromatic nitrogens is 1. The van der Waals surface area contributed by atoms with E-state index in [2.05, 4.69) is 9.71 Å². The summed E-state index contributed by atoms with van der Waals surface area (Å²) in [6.07, 6.45) is 2.86. The minimum absolute atomic E-state index is 0.274. The Kier molecular flexibility index (Phi) is 2.39. The van der Waals surface area contributed by atoms with E-state index in [1.165, 1.54) is 12.3 Å². The van der Waals surface area contributed by atoms with E-state index in [1.54, 1.807) is 13.0 Å². The molecule has 1 saturated carbocycles. The van der Waals surface area contributed by atoms with E-state index in [1.807, 2.05) is 0 Å². The van der Waals surface area contributed by atoms with Crippen molar-refractivity contribution in [3.05, 3.63) is 23.4 Å². The van der Waals surface area contributed by atoms with Gasteiger partial charge >= 0.3 is 0 Å². The molecule has 0 spiro atoms. The average Bonchev–Trinajstić information content (AvgIpc) is 2.84. The van der Waals surface area contributed by atoms with E-state index in [0.717, 1.165) is 0 Å². The molecule has 0 aliphatic heterocycles. The molecule has 0 radical (unpaired) electrons. The Balaban J connectivity index is 2.22. The molecule has 0 unspecified atom stereocenters. The molecule has 1 heterocycles. The average molecular weight is 247 g/mol. The molecule has 0 bridgehead atoms. The second kappa shape index (κ2) is 3.35. The molecule has 0 amide bonds. The molecule has 82 valence electrons. The fourth-order valence-corrected chi connectivity index (χ4v) is 2.60. The van der Waals surface area contributed by atoms with Gasteiger partial charge < -0.3 is 0 Å². The Labute approximate surface area is 93.7 Å². The largest absolute Gasteiger partial charge is 0.267 e. The normalized spacial score (nSPS) is 18.5. The lowest BCUT2D eigenvalue weighted by Gasteiger charge is -2.12. The first-order chi connectivity index (χ1) is 6.93. The smallest absolute Gasteiger partial charge is 0.239 e. The predicted molar refractivity (Wildman–Crippen MR) is 59.4 cm³/mol. The zero-order valence-electron chi connectivity index (χ0n) is 8.20. The van der Waals surface area contributed by atoms with Crippen LogP contribution in [-0.2, 0) is 10.0 Å².